The summed E-state index contributed by atoms with van der Waals surface area (Å²) in [6.45, 7) is 3.66. The molecule has 3 nitrogen and oxygen atoms in total. The van der Waals surface area contributed by atoms with Gasteiger partial charge < -0.3 is 10.1 Å². The Bertz CT molecular complexity index is 485. The Morgan fingerprint density at radius 3 is 2.74 bits per heavy atom. The van der Waals surface area contributed by atoms with Crippen LogP contribution >= 0.6 is 0 Å². The lowest BCUT2D eigenvalue weighted by Gasteiger charge is -2.11. The maximum absolute atomic E-state index is 5.83. The van der Waals surface area contributed by atoms with E-state index in [0.717, 1.165) is 30.1 Å². The van der Waals surface area contributed by atoms with Crippen molar-refractivity contribution < 1.29 is 4.74 Å². The molecule has 0 saturated heterocycles. The molecule has 1 heterocycles. The highest BCUT2D eigenvalue weighted by molar-refractivity contribution is 5.49. The normalized spacial score (nSPS) is 10.2. The Hall–Kier alpha value is -2.03. The molecule has 0 bridgehead atoms. The number of nitrogens with zero attached hydrogens (tertiary/aromatic N) is 1. The van der Waals surface area contributed by atoms with Gasteiger partial charge in [-0.15, -0.1) is 0 Å². The molecular formula is C16H20N2O. The molecule has 0 radical (unpaired) electrons. The first kappa shape index (κ1) is 13.4. The highest BCUT2D eigenvalue weighted by Gasteiger charge is 2.03. The Balaban J connectivity index is 1.95. The van der Waals surface area contributed by atoms with E-state index >= 15 is 0 Å². The predicted octanol–water partition coefficient (Wildman–Crippen LogP) is 3.87. The molecule has 0 fully saturated rings. The van der Waals surface area contributed by atoms with E-state index in [1.165, 1.54) is 6.42 Å². The zero-order valence-electron chi connectivity index (χ0n) is 11.3. The van der Waals surface area contributed by atoms with E-state index < -0.39 is 0 Å². The fraction of sp³-hybridized carbons (Fsp3) is 0.312. The van der Waals surface area contributed by atoms with E-state index in [1.54, 1.807) is 6.20 Å². The van der Waals surface area contributed by atoms with Gasteiger partial charge >= 0.3 is 0 Å². The van der Waals surface area contributed by atoms with Crippen LogP contribution in [0.1, 0.15) is 25.3 Å². The van der Waals surface area contributed by atoms with E-state index in [-0.39, 0.29) is 0 Å². The lowest BCUT2D eigenvalue weighted by molar-refractivity contribution is 0.306. The molecule has 19 heavy (non-hydrogen) atoms. The molecule has 100 valence electrons. The van der Waals surface area contributed by atoms with Gasteiger partial charge in [-0.05, 0) is 24.1 Å². The lowest BCUT2D eigenvalue weighted by Crippen LogP contribution is -2.05. The van der Waals surface area contributed by atoms with Crippen LogP contribution in [0.5, 0.6) is 5.75 Å². The van der Waals surface area contributed by atoms with Crippen molar-refractivity contribution >= 4 is 5.82 Å². The average Bonchev–Trinajstić information content (AvgIpc) is 2.48. The van der Waals surface area contributed by atoms with Gasteiger partial charge in [0.1, 0.15) is 6.61 Å². The Kier molecular flexibility index (Phi) is 5.23. The molecule has 0 aliphatic rings. The fourth-order valence-electron chi connectivity index (χ4n) is 1.76. The average molecular weight is 256 g/mol. The van der Waals surface area contributed by atoms with Crippen molar-refractivity contribution in [1.29, 1.82) is 0 Å². The van der Waals surface area contributed by atoms with Crippen LogP contribution in [0.2, 0.25) is 0 Å². The third-order valence-electron chi connectivity index (χ3n) is 2.83. The first-order chi connectivity index (χ1) is 9.40. The van der Waals surface area contributed by atoms with E-state index in [1.807, 2.05) is 30.3 Å². The van der Waals surface area contributed by atoms with Gasteiger partial charge in [0.05, 0.1) is 0 Å². The zero-order chi connectivity index (χ0) is 13.3. The summed E-state index contributed by atoms with van der Waals surface area (Å²) in [6, 6.07) is 14.0. The van der Waals surface area contributed by atoms with Crippen LogP contribution in [0.15, 0.2) is 48.7 Å². The molecule has 1 aromatic heterocycles. The molecule has 3 heteroatoms. The van der Waals surface area contributed by atoms with Gasteiger partial charge in [-0.25, -0.2) is 4.98 Å². The fourth-order valence-corrected chi connectivity index (χ4v) is 1.76. The number of rotatable bonds is 7. The topological polar surface area (TPSA) is 34.2 Å². The summed E-state index contributed by atoms with van der Waals surface area (Å²) in [7, 11) is 0. The summed E-state index contributed by atoms with van der Waals surface area (Å²) in [5.74, 6) is 1.63. The van der Waals surface area contributed by atoms with Crippen LogP contribution < -0.4 is 10.1 Å². The van der Waals surface area contributed by atoms with Crippen LogP contribution in [-0.2, 0) is 6.61 Å². The van der Waals surface area contributed by atoms with Gasteiger partial charge in [0.25, 0.3) is 0 Å². The molecule has 0 amide bonds. The number of ether oxygens (including phenoxy) is 1. The molecular weight excluding hydrogens is 236 g/mol. The van der Waals surface area contributed by atoms with Crippen molar-refractivity contribution in [3.05, 3.63) is 54.2 Å². The van der Waals surface area contributed by atoms with Gasteiger partial charge in [-0.1, -0.05) is 43.7 Å². The van der Waals surface area contributed by atoms with Crippen molar-refractivity contribution in [1.82, 2.24) is 4.98 Å². The van der Waals surface area contributed by atoms with Gasteiger partial charge in [-0.2, -0.15) is 0 Å². The summed E-state index contributed by atoms with van der Waals surface area (Å²) in [4.78, 5) is 4.33. The molecule has 0 aliphatic carbocycles. The number of unbranched alkanes of at least 4 members (excludes halogenated alkanes) is 1. The second kappa shape index (κ2) is 7.41. The van der Waals surface area contributed by atoms with Gasteiger partial charge in [0.15, 0.2) is 11.6 Å². The lowest BCUT2D eigenvalue weighted by atomic mass is 10.2. The second-order valence-corrected chi connectivity index (χ2v) is 4.40. The predicted molar refractivity (Wildman–Crippen MR) is 78.4 cm³/mol. The molecule has 0 aliphatic heterocycles. The molecule has 0 spiro atoms. The van der Waals surface area contributed by atoms with Gasteiger partial charge in [0, 0.05) is 12.7 Å². The van der Waals surface area contributed by atoms with Crippen molar-refractivity contribution in [2.24, 2.45) is 0 Å². The Morgan fingerprint density at radius 1 is 1.11 bits per heavy atom. The van der Waals surface area contributed by atoms with E-state index in [0.29, 0.717) is 6.61 Å². The van der Waals surface area contributed by atoms with E-state index in [2.05, 4.69) is 29.4 Å². The van der Waals surface area contributed by atoms with Crippen LogP contribution in [0.4, 0.5) is 5.82 Å². The largest absolute Gasteiger partial charge is 0.485 e. The van der Waals surface area contributed by atoms with Crippen molar-refractivity contribution in [3.63, 3.8) is 0 Å². The molecule has 1 N–H and O–H groups in total. The van der Waals surface area contributed by atoms with Crippen LogP contribution in [0, 0.1) is 0 Å². The highest BCUT2D eigenvalue weighted by atomic mass is 16.5. The zero-order valence-corrected chi connectivity index (χ0v) is 11.3. The van der Waals surface area contributed by atoms with Crippen LogP contribution in [0.3, 0.4) is 0 Å². The van der Waals surface area contributed by atoms with Gasteiger partial charge in [0.2, 0.25) is 0 Å². The summed E-state index contributed by atoms with van der Waals surface area (Å²) in [5.41, 5.74) is 1.16. The summed E-state index contributed by atoms with van der Waals surface area (Å²) in [6.07, 6.45) is 4.08. The minimum Gasteiger partial charge on any atom is -0.485 e. The standard InChI is InChI=1S/C16H20N2O/c1-2-3-11-17-16-15(10-7-12-18-16)19-13-14-8-5-4-6-9-14/h4-10,12H,2-3,11,13H2,1H3,(H,17,18). The highest BCUT2D eigenvalue weighted by Crippen LogP contribution is 2.22. The number of anilines is 1. The Morgan fingerprint density at radius 2 is 1.95 bits per heavy atom. The molecule has 1 aromatic carbocycles. The minimum absolute atomic E-state index is 0.564. The number of hydrogen-bond acceptors (Lipinski definition) is 3. The third-order valence-corrected chi connectivity index (χ3v) is 2.83. The molecule has 2 rings (SSSR count). The van der Waals surface area contributed by atoms with E-state index in [9.17, 15) is 0 Å². The smallest absolute Gasteiger partial charge is 0.168 e. The molecule has 0 atom stereocenters. The molecule has 0 unspecified atom stereocenters. The van der Waals surface area contributed by atoms with Crippen molar-refractivity contribution in [3.8, 4) is 5.75 Å². The van der Waals surface area contributed by atoms with Gasteiger partial charge in [-0.3, -0.25) is 0 Å². The first-order valence-electron chi connectivity index (χ1n) is 6.75. The monoisotopic (exact) mass is 256 g/mol. The third kappa shape index (κ3) is 4.28. The van der Waals surface area contributed by atoms with E-state index in [4.69, 9.17) is 4.74 Å². The number of benzene rings is 1. The number of nitrogens with one attached hydrogen (secondary N) is 1. The molecule has 2 aromatic rings. The SMILES string of the molecule is CCCCNc1ncccc1OCc1ccccc1. The quantitative estimate of drug-likeness (QED) is 0.763. The number of hydrogen-bond donors (Lipinski definition) is 1. The Labute approximate surface area is 114 Å². The summed E-state index contributed by atoms with van der Waals surface area (Å²) in [5, 5.41) is 3.31. The maximum atomic E-state index is 5.83. The minimum atomic E-state index is 0.564. The summed E-state index contributed by atoms with van der Waals surface area (Å²) >= 11 is 0. The summed E-state index contributed by atoms with van der Waals surface area (Å²) < 4.78 is 5.83. The van der Waals surface area contributed by atoms with Crippen LogP contribution in [0.25, 0.3) is 0 Å². The maximum Gasteiger partial charge on any atom is 0.168 e. The van der Waals surface area contributed by atoms with Crippen LogP contribution in [-0.4, -0.2) is 11.5 Å². The molecule has 0 saturated carbocycles. The number of aromatic nitrogens is 1. The van der Waals surface area contributed by atoms with Crippen molar-refractivity contribution in [2.45, 2.75) is 26.4 Å². The number of pyridine rings is 1. The second-order valence-electron chi connectivity index (χ2n) is 4.40. The first-order valence-corrected chi connectivity index (χ1v) is 6.75. The van der Waals surface area contributed by atoms with Crippen molar-refractivity contribution in [2.75, 3.05) is 11.9 Å².